The Morgan fingerprint density at radius 3 is 2.91 bits per heavy atom. The van der Waals surface area contributed by atoms with Crippen LogP contribution in [0.25, 0.3) is 11.1 Å². The van der Waals surface area contributed by atoms with E-state index >= 15 is 0 Å². The molecule has 1 atom stereocenters. The van der Waals surface area contributed by atoms with Crippen LogP contribution in [0.2, 0.25) is 0 Å². The minimum Gasteiger partial charge on any atom is -0.462 e. The van der Waals surface area contributed by atoms with E-state index < -0.39 is 0 Å². The maximum absolute atomic E-state index is 12.1. The van der Waals surface area contributed by atoms with E-state index in [4.69, 9.17) is 4.74 Å². The van der Waals surface area contributed by atoms with Crippen molar-refractivity contribution in [2.45, 2.75) is 33.7 Å². The molecule has 0 fully saturated rings. The van der Waals surface area contributed by atoms with Crippen molar-refractivity contribution in [1.29, 1.82) is 0 Å². The van der Waals surface area contributed by atoms with Gasteiger partial charge in [0.25, 0.3) is 0 Å². The lowest BCUT2D eigenvalue weighted by molar-refractivity contribution is 0.0528. The fourth-order valence-electron chi connectivity index (χ4n) is 3.01. The van der Waals surface area contributed by atoms with Crippen LogP contribution in [0.1, 0.15) is 43.6 Å². The number of carbonyl (C=O) groups is 1. The molecule has 6 heteroatoms. The van der Waals surface area contributed by atoms with Gasteiger partial charge in [0.2, 0.25) is 0 Å². The summed E-state index contributed by atoms with van der Waals surface area (Å²) in [6.07, 6.45) is 3.40. The van der Waals surface area contributed by atoms with Gasteiger partial charge in [-0.05, 0) is 45.4 Å². The van der Waals surface area contributed by atoms with Gasteiger partial charge in [-0.25, -0.2) is 9.31 Å². The monoisotopic (exact) mass is 312 g/mol. The molecule has 0 bridgehead atoms. The van der Waals surface area contributed by atoms with Crippen LogP contribution in [-0.2, 0) is 4.74 Å². The zero-order valence-corrected chi connectivity index (χ0v) is 13.8. The number of ether oxygens (including phenoxy) is 1. The van der Waals surface area contributed by atoms with Crippen LogP contribution in [0, 0.1) is 0 Å². The van der Waals surface area contributed by atoms with E-state index in [1.165, 1.54) is 0 Å². The van der Waals surface area contributed by atoms with Crippen molar-refractivity contribution in [3.05, 3.63) is 41.4 Å². The molecule has 2 aromatic heterocycles. The van der Waals surface area contributed by atoms with Gasteiger partial charge in [0.15, 0.2) is 0 Å². The summed E-state index contributed by atoms with van der Waals surface area (Å²) in [6, 6.07) is 4.02. The highest BCUT2D eigenvalue weighted by molar-refractivity contribution is 5.97. The average Bonchev–Trinajstić information content (AvgIpc) is 2.89. The zero-order valence-electron chi connectivity index (χ0n) is 13.8. The van der Waals surface area contributed by atoms with E-state index in [-0.39, 0.29) is 12.0 Å². The second-order valence-electron chi connectivity index (χ2n) is 5.58. The quantitative estimate of drug-likeness (QED) is 0.885. The minimum atomic E-state index is -0.353. The van der Waals surface area contributed by atoms with Crippen molar-refractivity contribution in [1.82, 2.24) is 14.9 Å². The second kappa shape index (κ2) is 5.87. The number of aromatic nitrogens is 2. The Balaban J connectivity index is 2.08. The van der Waals surface area contributed by atoms with E-state index in [1.54, 1.807) is 17.6 Å². The van der Waals surface area contributed by atoms with Gasteiger partial charge in [-0.3, -0.25) is 4.99 Å². The number of pyridine rings is 1. The number of nitrogens with one attached hydrogen (secondary N) is 1. The molecule has 2 aromatic rings. The minimum absolute atomic E-state index is 0.0627. The standard InChI is InChI=1S/C17H20N4O2/c1-5-23-17(22)14-9-18-21-7-6-13(8-15(14)21)16-10(2)19-12(4)20-11(16)3/h6-10H,5H2,1-4H3,(H,19,20). The molecule has 120 valence electrons. The number of aliphatic imine (C=N–C) groups is 1. The summed E-state index contributed by atoms with van der Waals surface area (Å²) in [5.41, 5.74) is 4.43. The van der Waals surface area contributed by atoms with Crippen molar-refractivity contribution in [3.8, 4) is 0 Å². The number of amidine groups is 1. The largest absolute Gasteiger partial charge is 0.462 e. The predicted molar refractivity (Wildman–Crippen MR) is 89.4 cm³/mol. The molecule has 0 aromatic carbocycles. The van der Waals surface area contributed by atoms with Crippen LogP contribution in [0.3, 0.4) is 0 Å². The van der Waals surface area contributed by atoms with Crippen LogP contribution in [0.5, 0.6) is 0 Å². The van der Waals surface area contributed by atoms with E-state index in [0.29, 0.717) is 12.2 Å². The molecule has 1 aliphatic heterocycles. The van der Waals surface area contributed by atoms with Gasteiger partial charge < -0.3 is 10.1 Å². The van der Waals surface area contributed by atoms with E-state index in [2.05, 4.69) is 22.3 Å². The first-order valence-electron chi connectivity index (χ1n) is 7.68. The number of rotatable bonds is 3. The SMILES string of the molecule is CCOC(=O)c1cnn2ccc(C3=C(C)NC(C)=NC3C)cc12. The summed E-state index contributed by atoms with van der Waals surface area (Å²) in [5, 5.41) is 7.49. The zero-order chi connectivity index (χ0) is 16.6. The second-order valence-corrected chi connectivity index (χ2v) is 5.58. The predicted octanol–water partition coefficient (Wildman–Crippen LogP) is 2.65. The van der Waals surface area contributed by atoms with Gasteiger partial charge in [0.05, 0.1) is 30.2 Å². The molecular weight excluding hydrogens is 292 g/mol. The maximum atomic E-state index is 12.1. The average molecular weight is 312 g/mol. The lowest BCUT2D eigenvalue weighted by Crippen LogP contribution is -2.28. The summed E-state index contributed by atoms with van der Waals surface area (Å²) in [4.78, 5) is 16.6. The molecule has 0 amide bonds. The number of allylic oxidation sites excluding steroid dienone is 1. The van der Waals surface area contributed by atoms with Gasteiger partial charge in [0.1, 0.15) is 5.56 Å². The van der Waals surface area contributed by atoms with Crippen molar-refractivity contribution in [2.24, 2.45) is 4.99 Å². The summed E-state index contributed by atoms with van der Waals surface area (Å²) in [6.45, 7) is 8.19. The van der Waals surface area contributed by atoms with E-state index in [0.717, 1.165) is 28.2 Å². The van der Waals surface area contributed by atoms with Gasteiger partial charge in [-0.1, -0.05) is 0 Å². The summed E-state index contributed by atoms with van der Waals surface area (Å²) in [5.74, 6) is 0.561. The molecule has 1 unspecified atom stereocenters. The molecule has 1 aliphatic rings. The van der Waals surface area contributed by atoms with E-state index in [1.807, 2.05) is 32.2 Å². The molecule has 6 nitrogen and oxygen atoms in total. The van der Waals surface area contributed by atoms with Crippen molar-refractivity contribution >= 4 is 22.9 Å². The number of fused-ring (bicyclic) bond motifs is 1. The molecule has 3 heterocycles. The Morgan fingerprint density at radius 1 is 1.43 bits per heavy atom. The molecule has 3 rings (SSSR count). The highest BCUT2D eigenvalue weighted by atomic mass is 16.5. The smallest absolute Gasteiger partial charge is 0.341 e. The number of esters is 1. The Kier molecular flexibility index (Phi) is 3.90. The highest BCUT2D eigenvalue weighted by Crippen LogP contribution is 2.27. The number of nitrogens with zero attached hydrogens (tertiary/aromatic N) is 3. The Hall–Kier alpha value is -2.63. The van der Waals surface area contributed by atoms with Crippen LogP contribution in [-0.4, -0.2) is 34.1 Å². The fourth-order valence-corrected chi connectivity index (χ4v) is 3.01. The fraction of sp³-hybridized carbons (Fsp3) is 0.353. The molecule has 1 N–H and O–H groups in total. The van der Waals surface area contributed by atoms with Crippen LogP contribution in [0.15, 0.2) is 35.2 Å². The summed E-state index contributed by atoms with van der Waals surface area (Å²) >= 11 is 0. The topological polar surface area (TPSA) is 68.0 Å². The molecule has 0 aliphatic carbocycles. The number of carbonyl (C=O) groups excluding carboxylic acids is 1. The van der Waals surface area contributed by atoms with Gasteiger partial charge >= 0.3 is 5.97 Å². The van der Waals surface area contributed by atoms with Crippen LogP contribution in [0.4, 0.5) is 0 Å². The molecule has 0 spiro atoms. The molecular formula is C17H20N4O2. The lowest BCUT2D eigenvalue weighted by Gasteiger charge is -2.23. The van der Waals surface area contributed by atoms with Gasteiger partial charge in [-0.2, -0.15) is 5.10 Å². The van der Waals surface area contributed by atoms with Crippen LogP contribution >= 0.6 is 0 Å². The van der Waals surface area contributed by atoms with Gasteiger partial charge in [-0.15, -0.1) is 0 Å². The Morgan fingerprint density at radius 2 is 2.22 bits per heavy atom. The normalized spacial score (nSPS) is 17.9. The maximum Gasteiger partial charge on any atom is 0.341 e. The summed E-state index contributed by atoms with van der Waals surface area (Å²) in [7, 11) is 0. The molecule has 0 saturated carbocycles. The third-order valence-corrected chi connectivity index (χ3v) is 3.91. The first kappa shape index (κ1) is 15.3. The lowest BCUT2D eigenvalue weighted by atomic mass is 9.97. The Bertz CT molecular complexity index is 832. The van der Waals surface area contributed by atoms with Gasteiger partial charge in [0, 0.05) is 17.5 Å². The van der Waals surface area contributed by atoms with Crippen molar-refractivity contribution < 1.29 is 9.53 Å². The van der Waals surface area contributed by atoms with E-state index in [9.17, 15) is 4.79 Å². The molecule has 0 radical (unpaired) electrons. The molecule has 0 saturated heterocycles. The first-order chi connectivity index (χ1) is 11.0. The van der Waals surface area contributed by atoms with Crippen LogP contribution < -0.4 is 5.32 Å². The Labute approximate surface area is 134 Å². The molecule has 23 heavy (non-hydrogen) atoms. The first-order valence-corrected chi connectivity index (χ1v) is 7.68. The summed E-state index contributed by atoms with van der Waals surface area (Å²) < 4.78 is 6.78. The van der Waals surface area contributed by atoms with Crippen molar-refractivity contribution in [3.63, 3.8) is 0 Å². The van der Waals surface area contributed by atoms with Crippen molar-refractivity contribution in [2.75, 3.05) is 6.61 Å². The highest BCUT2D eigenvalue weighted by Gasteiger charge is 2.20. The third-order valence-electron chi connectivity index (χ3n) is 3.91. The third kappa shape index (κ3) is 2.72. The number of hydrogen-bond acceptors (Lipinski definition) is 5. The number of hydrogen-bond donors (Lipinski definition) is 1.